The minimum atomic E-state index is -0.969. The number of primary amides is 1. The summed E-state index contributed by atoms with van der Waals surface area (Å²) < 4.78 is 0.684. The summed E-state index contributed by atoms with van der Waals surface area (Å²) in [5.41, 5.74) is 17.5. The number of rotatable bonds is 24. The van der Waals surface area contributed by atoms with Gasteiger partial charge >= 0.3 is 6.03 Å². The zero-order valence-electron chi connectivity index (χ0n) is 37.3. The van der Waals surface area contributed by atoms with E-state index in [1.165, 1.54) is 5.56 Å². The third-order valence-electron chi connectivity index (χ3n) is 10.4. The van der Waals surface area contributed by atoms with Crippen molar-refractivity contribution in [1.82, 2.24) is 30.9 Å². The fraction of sp³-hybridized carbons (Fsp3) is 0.478. The lowest BCUT2D eigenvalue weighted by atomic mass is 10.0. The lowest BCUT2D eigenvalue weighted by Gasteiger charge is -2.30. The summed E-state index contributed by atoms with van der Waals surface area (Å²) in [6.07, 6.45) is 3.35. The molecule has 0 aliphatic heterocycles. The van der Waals surface area contributed by atoms with E-state index in [-0.39, 0.29) is 49.4 Å². The van der Waals surface area contributed by atoms with Crippen LogP contribution < -0.4 is 38.1 Å². The Labute approximate surface area is 365 Å². The first-order chi connectivity index (χ1) is 29.4. The summed E-state index contributed by atoms with van der Waals surface area (Å²) in [6, 6.07) is 17.5. The number of ketones is 1. The average Bonchev–Trinajstić information content (AvgIpc) is 3.21. The number of Topliss-reactive ketones (excluding diaryl/α,β-unsaturated/α-hetero) is 1. The van der Waals surface area contributed by atoms with Crippen LogP contribution >= 0.6 is 0 Å². The van der Waals surface area contributed by atoms with Crippen molar-refractivity contribution in [3.8, 4) is 0 Å². The maximum Gasteiger partial charge on any atom is 0.312 e. The Balaban J connectivity index is 1.35. The lowest BCUT2D eigenvalue weighted by Crippen LogP contribution is -2.54. The zero-order valence-corrected chi connectivity index (χ0v) is 37.3. The standard InChI is InChI=1S/C46H65N11O5/c1-8-9-24-49-42-41-36(54-45(47)56-42)21-20-35(51-41)26-31-12-14-32(15-13-31)27-57(6,7)28-33-16-18-34(19-17-33)52-43(60)37(11-10-25-50-46(48)62)53-44(61)40(30(4)5)55-39(59)23-22-38(58)29(2)3/h12-21,29-30,37,40H,8-11,22-28H2,1-7H3,(H8-,47,48,49,50,52,53,54,55,56,59,60,61,62)/p+1/t37-,40-/m0/s1. The van der Waals surface area contributed by atoms with E-state index in [1.54, 1.807) is 27.7 Å². The highest BCUT2D eigenvalue weighted by Crippen LogP contribution is 2.22. The van der Waals surface area contributed by atoms with Gasteiger partial charge in [0.2, 0.25) is 23.7 Å². The largest absolute Gasteiger partial charge is 0.368 e. The molecule has 0 aliphatic carbocycles. The van der Waals surface area contributed by atoms with Crippen LogP contribution in [0.25, 0.3) is 11.0 Å². The molecular weight excluding hydrogens is 787 g/mol. The molecule has 0 aliphatic rings. The summed E-state index contributed by atoms with van der Waals surface area (Å²) in [6.45, 7) is 11.8. The average molecular weight is 853 g/mol. The number of nitrogen functional groups attached to an aromatic ring is 1. The minimum absolute atomic E-state index is 0.0342. The molecule has 0 radical (unpaired) electrons. The number of benzene rings is 2. The Morgan fingerprint density at radius 3 is 2.00 bits per heavy atom. The molecule has 62 heavy (non-hydrogen) atoms. The van der Waals surface area contributed by atoms with Gasteiger partial charge in [0.05, 0.1) is 19.6 Å². The van der Waals surface area contributed by atoms with Gasteiger partial charge in [-0.25, -0.2) is 14.8 Å². The molecule has 4 aromatic rings. The van der Waals surface area contributed by atoms with Gasteiger partial charge in [-0.05, 0) is 55.0 Å². The van der Waals surface area contributed by atoms with Crippen LogP contribution in [0, 0.1) is 11.8 Å². The summed E-state index contributed by atoms with van der Waals surface area (Å²) in [5.74, 6) is -1.03. The molecule has 334 valence electrons. The molecule has 0 saturated carbocycles. The van der Waals surface area contributed by atoms with Gasteiger partial charge in [0.25, 0.3) is 0 Å². The van der Waals surface area contributed by atoms with E-state index in [4.69, 9.17) is 16.5 Å². The highest BCUT2D eigenvalue weighted by molar-refractivity contribution is 5.98. The van der Waals surface area contributed by atoms with Crippen LogP contribution in [0.4, 0.5) is 22.2 Å². The number of aromatic nitrogens is 3. The highest BCUT2D eigenvalue weighted by atomic mass is 16.2. The van der Waals surface area contributed by atoms with Gasteiger partial charge in [0.1, 0.15) is 36.5 Å². The number of carbonyl (C=O) groups excluding carboxylic acids is 5. The molecule has 0 spiro atoms. The number of nitrogens with zero attached hydrogens (tertiary/aromatic N) is 4. The number of unbranched alkanes of at least 4 members (excludes halogenated alkanes) is 1. The number of hydrogen-bond acceptors (Lipinski definition) is 10. The van der Waals surface area contributed by atoms with E-state index in [2.05, 4.69) is 81.8 Å². The molecule has 0 saturated heterocycles. The van der Waals surface area contributed by atoms with E-state index in [1.807, 2.05) is 36.4 Å². The van der Waals surface area contributed by atoms with E-state index in [0.717, 1.165) is 49.3 Å². The van der Waals surface area contributed by atoms with Crippen LogP contribution in [0.1, 0.15) is 95.5 Å². The van der Waals surface area contributed by atoms with Crippen molar-refractivity contribution in [3.05, 3.63) is 83.0 Å². The second-order valence-corrected chi connectivity index (χ2v) is 17.2. The Morgan fingerprint density at radius 1 is 0.742 bits per heavy atom. The fourth-order valence-corrected chi connectivity index (χ4v) is 6.97. The number of amides is 5. The van der Waals surface area contributed by atoms with Gasteiger partial charge in [-0.2, -0.15) is 4.98 Å². The quantitative estimate of drug-likeness (QED) is 0.0359. The van der Waals surface area contributed by atoms with E-state index < -0.39 is 35.8 Å². The normalized spacial score (nSPS) is 12.5. The molecule has 16 heteroatoms. The van der Waals surface area contributed by atoms with Crippen LogP contribution in [0.3, 0.4) is 0 Å². The predicted molar refractivity (Wildman–Crippen MR) is 244 cm³/mol. The Morgan fingerprint density at radius 2 is 1.39 bits per heavy atom. The van der Waals surface area contributed by atoms with Gasteiger partial charge in [-0.3, -0.25) is 19.2 Å². The van der Waals surface area contributed by atoms with E-state index in [0.29, 0.717) is 39.9 Å². The van der Waals surface area contributed by atoms with Gasteiger partial charge in [0, 0.05) is 60.8 Å². The molecule has 2 heterocycles. The number of pyridine rings is 1. The molecule has 4 rings (SSSR count). The van der Waals surface area contributed by atoms with Crippen molar-refractivity contribution in [2.45, 2.75) is 105 Å². The lowest BCUT2D eigenvalue weighted by molar-refractivity contribution is -0.916. The molecule has 0 bridgehead atoms. The number of quaternary nitrogens is 1. The number of hydrogen-bond donors (Lipinski definition) is 7. The van der Waals surface area contributed by atoms with Crippen molar-refractivity contribution >= 4 is 58.0 Å². The molecule has 2 atom stereocenters. The summed E-state index contributed by atoms with van der Waals surface area (Å²) >= 11 is 0. The van der Waals surface area contributed by atoms with Crippen molar-refractivity contribution in [1.29, 1.82) is 0 Å². The molecule has 5 amide bonds. The highest BCUT2D eigenvalue weighted by Gasteiger charge is 2.29. The van der Waals surface area contributed by atoms with Crippen molar-refractivity contribution in [3.63, 3.8) is 0 Å². The van der Waals surface area contributed by atoms with Crippen LogP contribution in [-0.4, -0.2) is 88.2 Å². The molecule has 0 unspecified atom stereocenters. The van der Waals surface area contributed by atoms with E-state index >= 15 is 0 Å². The van der Waals surface area contributed by atoms with Crippen molar-refractivity contribution < 1.29 is 28.5 Å². The van der Waals surface area contributed by atoms with Gasteiger partial charge in [-0.1, -0.05) is 77.4 Å². The number of carbonyl (C=O) groups is 5. The molecule has 9 N–H and O–H groups in total. The topological polar surface area (TPSA) is 236 Å². The van der Waals surface area contributed by atoms with Crippen LogP contribution in [0.15, 0.2) is 60.7 Å². The first-order valence-corrected chi connectivity index (χ1v) is 21.5. The zero-order chi connectivity index (χ0) is 45.4. The van der Waals surface area contributed by atoms with Crippen molar-refractivity contribution in [2.24, 2.45) is 17.6 Å². The number of nitrogens with one attached hydrogen (secondary N) is 5. The monoisotopic (exact) mass is 853 g/mol. The summed E-state index contributed by atoms with van der Waals surface area (Å²) in [7, 11) is 4.34. The molecule has 16 nitrogen and oxygen atoms in total. The maximum atomic E-state index is 13.6. The van der Waals surface area contributed by atoms with Gasteiger partial charge in [-0.15, -0.1) is 0 Å². The second-order valence-electron chi connectivity index (χ2n) is 17.2. The maximum absolute atomic E-state index is 13.6. The first kappa shape index (κ1) is 48.5. The van der Waals surface area contributed by atoms with Crippen LogP contribution in [-0.2, 0) is 38.7 Å². The van der Waals surface area contributed by atoms with Crippen molar-refractivity contribution in [2.75, 3.05) is 43.6 Å². The Kier molecular flexibility index (Phi) is 18.1. The molecular formula is C46H66N11O5+. The predicted octanol–water partition coefficient (Wildman–Crippen LogP) is 5.20. The second kappa shape index (κ2) is 23.2. The third kappa shape index (κ3) is 15.7. The Hall–Kier alpha value is -6.16. The minimum Gasteiger partial charge on any atom is -0.368 e. The SMILES string of the molecule is CCCCNc1nc(N)nc2ccc(Cc3ccc(C[N+](C)(C)Cc4ccc(NC(=O)[C@H](CCCNC(N)=O)NC(=O)[C@@H](NC(=O)CCC(=O)C(C)C)C(C)C)cc4)cc3)nc12. The fourth-order valence-electron chi connectivity index (χ4n) is 6.97. The van der Waals surface area contributed by atoms with E-state index in [9.17, 15) is 24.0 Å². The first-order valence-electron chi connectivity index (χ1n) is 21.5. The van der Waals surface area contributed by atoms with Crippen LogP contribution in [0.2, 0.25) is 0 Å². The third-order valence-corrected chi connectivity index (χ3v) is 10.4. The van der Waals surface area contributed by atoms with Crippen LogP contribution in [0.5, 0.6) is 0 Å². The smallest absolute Gasteiger partial charge is 0.312 e. The molecule has 2 aromatic carbocycles. The summed E-state index contributed by atoms with van der Waals surface area (Å²) in [4.78, 5) is 76.7. The molecule has 2 aromatic heterocycles. The van der Waals surface area contributed by atoms with Gasteiger partial charge in [0.15, 0.2) is 5.82 Å². The summed E-state index contributed by atoms with van der Waals surface area (Å²) in [5, 5.41) is 14.3. The Bertz CT molecular complexity index is 2140. The number of fused-ring (bicyclic) bond motifs is 1. The molecule has 0 fully saturated rings. The number of nitrogens with two attached hydrogens (primary N) is 2. The number of urea groups is 1. The number of anilines is 3. The van der Waals surface area contributed by atoms with Gasteiger partial charge < -0.3 is 42.5 Å².